The largest absolute Gasteiger partial charge is 0.407 e. The van der Waals surface area contributed by atoms with Gasteiger partial charge in [-0.3, -0.25) is 0 Å². The second-order valence-corrected chi connectivity index (χ2v) is 13.0. The molecule has 0 unspecified atom stereocenters. The van der Waals surface area contributed by atoms with E-state index in [-0.39, 0.29) is 23.9 Å². The molecule has 3 nitrogen and oxygen atoms in total. The van der Waals surface area contributed by atoms with Gasteiger partial charge in [0.1, 0.15) is 6.10 Å². The van der Waals surface area contributed by atoms with Gasteiger partial charge in [-0.2, -0.15) is 0 Å². The lowest BCUT2D eigenvalue weighted by Crippen LogP contribution is -2.66. The van der Waals surface area contributed by atoms with Crippen LogP contribution in [0.25, 0.3) is 0 Å². The topological polar surface area (TPSA) is 42.0 Å². The predicted octanol–water partition coefficient (Wildman–Crippen LogP) is 3.35. The molecule has 1 N–H and O–H groups in total. The summed E-state index contributed by atoms with van der Waals surface area (Å²) < 4.78 is 12.5. The van der Waals surface area contributed by atoms with Crippen molar-refractivity contribution in [1.82, 2.24) is 0 Å². The molecule has 3 rings (SSSR count). The third-order valence-corrected chi connectivity index (χ3v) is 10.5. The second-order valence-electron chi connectivity index (χ2n) is 8.71. The van der Waals surface area contributed by atoms with Crippen molar-refractivity contribution < 1.29 is 14.3 Å². The van der Waals surface area contributed by atoms with Gasteiger partial charge in [-0.25, -0.2) is 0 Å². The summed E-state index contributed by atoms with van der Waals surface area (Å²) in [5.41, 5.74) is 0. The fourth-order valence-electron chi connectivity index (χ4n) is 4.04. The highest BCUT2D eigenvalue weighted by Crippen LogP contribution is 2.37. The normalized spacial score (nSPS) is 21.1. The Morgan fingerprint density at radius 2 is 1.48 bits per heavy atom. The average molecular weight is 385 g/mol. The van der Waals surface area contributed by atoms with Crippen molar-refractivity contribution in [1.29, 1.82) is 0 Å². The van der Waals surface area contributed by atoms with Gasteiger partial charge in [0.05, 0.1) is 12.7 Å². The maximum Gasteiger partial charge on any atom is 0.261 e. The molecule has 1 heterocycles. The van der Waals surface area contributed by atoms with Crippen LogP contribution in [0.3, 0.4) is 0 Å². The van der Waals surface area contributed by atoms with Crippen LogP contribution >= 0.6 is 0 Å². The Hall–Kier alpha value is -1.46. The van der Waals surface area contributed by atoms with Gasteiger partial charge in [0.2, 0.25) is 0 Å². The molecule has 0 aliphatic carbocycles. The summed E-state index contributed by atoms with van der Waals surface area (Å²) in [6.07, 6.45) is 1.15. The molecular formula is C23H32O3Si. The fraction of sp³-hybridized carbons (Fsp3) is 0.478. The first-order valence-electron chi connectivity index (χ1n) is 9.90. The minimum Gasteiger partial charge on any atom is -0.407 e. The molecule has 0 aromatic heterocycles. The third kappa shape index (κ3) is 4.35. The number of epoxide rings is 1. The van der Waals surface area contributed by atoms with Crippen molar-refractivity contribution in [3.05, 3.63) is 60.7 Å². The second kappa shape index (κ2) is 8.27. The SMILES string of the molecule is C[C@@H](CO[Si](c1ccccc1)(c1ccccc1)C(C)(C)C)C[C@@H]1O[C@@H]1CO. The van der Waals surface area contributed by atoms with Crippen molar-refractivity contribution >= 4 is 18.7 Å². The molecule has 0 radical (unpaired) electrons. The van der Waals surface area contributed by atoms with E-state index in [9.17, 15) is 5.11 Å². The van der Waals surface area contributed by atoms with Gasteiger partial charge in [-0.05, 0) is 27.8 Å². The molecule has 4 heteroatoms. The van der Waals surface area contributed by atoms with Crippen LogP contribution < -0.4 is 10.4 Å². The summed E-state index contributed by atoms with van der Waals surface area (Å²) in [7, 11) is -2.46. The van der Waals surface area contributed by atoms with Gasteiger partial charge < -0.3 is 14.3 Å². The number of hydrogen-bond acceptors (Lipinski definition) is 3. The Morgan fingerprint density at radius 3 is 1.89 bits per heavy atom. The smallest absolute Gasteiger partial charge is 0.261 e. The van der Waals surface area contributed by atoms with Gasteiger partial charge in [-0.1, -0.05) is 88.4 Å². The predicted molar refractivity (Wildman–Crippen MR) is 113 cm³/mol. The molecule has 0 amide bonds. The first-order valence-corrected chi connectivity index (χ1v) is 11.8. The highest BCUT2D eigenvalue weighted by atomic mass is 28.4. The van der Waals surface area contributed by atoms with E-state index in [2.05, 4.69) is 88.4 Å². The van der Waals surface area contributed by atoms with Gasteiger partial charge in [0.25, 0.3) is 8.32 Å². The van der Waals surface area contributed by atoms with Crippen LogP contribution in [0.4, 0.5) is 0 Å². The summed E-state index contributed by atoms with van der Waals surface area (Å²) >= 11 is 0. The van der Waals surface area contributed by atoms with E-state index >= 15 is 0 Å². The van der Waals surface area contributed by atoms with Gasteiger partial charge in [0, 0.05) is 6.61 Å². The van der Waals surface area contributed by atoms with Crippen LogP contribution in [-0.2, 0) is 9.16 Å². The first-order chi connectivity index (χ1) is 12.9. The number of rotatable bonds is 8. The zero-order valence-corrected chi connectivity index (χ0v) is 17.9. The highest BCUT2D eigenvalue weighted by Gasteiger charge is 2.50. The van der Waals surface area contributed by atoms with Crippen LogP contribution in [0.15, 0.2) is 60.7 Å². The van der Waals surface area contributed by atoms with Crippen molar-refractivity contribution in [3.63, 3.8) is 0 Å². The Morgan fingerprint density at radius 1 is 0.963 bits per heavy atom. The van der Waals surface area contributed by atoms with E-state index in [1.807, 2.05) is 0 Å². The number of ether oxygens (including phenoxy) is 1. The van der Waals surface area contributed by atoms with E-state index in [0.29, 0.717) is 12.5 Å². The maximum atomic E-state index is 9.20. The molecule has 1 aliphatic heterocycles. The fourth-order valence-corrected chi connectivity index (χ4v) is 8.73. The van der Waals surface area contributed by atoms with Gasteiger partial charge >= 0.3 is 0 Å². The monoisotopic (exact) mass is 384 g/mol. The molecule has 0 saturated carbocycles. The zero-order chi connectivity index (χ0) is 19.5. The Balaban J connectivity index is 1.90. The summed E-state index contributed by atoms with van der Waals surface area (Å²) in [4.78, 5) is 0. The third-order valence-electron chi connectivity index (χ3n) is 5.50. The van der Waals surface area contributed by atoms with E-state index in [4.69, 9.17) is 9.16 Å². The summed E-state index contributed by atoms with van der Waals surface area (Å²) in [6, 6.07) is 21.5. The van der Waals surface area contributed by atoms with Crippen molar-refractivity contribution in [2.45, 2.75) is 51.4 Å². The van der Waals surface area contributed by atoms with Crippen molar-refractivity contribution in [2.24, 2.45) is 5.92 Å². The lowest BCUT2D eigenvalue weighted by atomic mass is 10.1. The molecule has 1 aliphatic rings. The molecule has 27 heavy (non-hydrogen) atoms. The molecule has 1 saturated heterocycles. The van der Waals surface area contributed by atoms with E-state index in [1.54, 1.807) is 0 Å². The maximum absolute atomic E-state index is 9.20. The molecule has 0 bridgehead atoms. The van der Waals surface area contributed by atoms with Crippen LogP contribution in [-0.4, -0.2) is 38.8 Å². The minimum absolute atomic E-state index is 0.000852. The van der Waals surface area contributed by atoms with Gasteiger partial charge in [-0.15, -0.1) is 0 Å². The van der Waals surface area contributed by atoms with Crippen LogP contribution in [0.2, 0.25) is 5.04 Å². The van der Waals surface area contributed by atoms with E-state index in [1.165, 1.54) is 10.4 Å². The quantitative estimate of drug-likeness (QED) is 0.561. The Labute approximate surface area is 164 Å². The van der Waals surface area contributed by atoms with Crippen LogP contribution in [0, 0.1) is 5.92 Å². The van der Waals surface area contributed by atoms with Crippen molar-refractivity contribution in [2.75, 3.05) is 13.2 Å². The summed E-state index contributed by atoms with van der Waals surface area (Å²) in [6.45, 7) is 9.94. The van der Waals surface area contributed by atoms with Crippen molar-refractivity contribution in [3.8, 4) is 0 Å². The van der Waals surface area contributed by atoms with Crippen LogP contribution in [0.5, 0.6) is 0 Å². The zero-order valence-electron chi connectivity index (χ0n) is 16.9. The first kappa shape index (κ1) is 20.3. The molecule has 1 fully saturated rings. The van der Waals surface area contributed by atoms with Crippen LogP contribution in [0.1, 0.15) is 34.1 Å². The number of aliphatic hydroxyl groups is 1. The molecule has 2 aromatic carbocycles. The van der Waals surface area contributed by atoms with E-state index < -0.39 is 8.32 Å². The lowest BCUT2D eigenvalue weighted by Gasteiger charge is -2.43. The number of aliphatic hydroxyl groups excluding tert-OH is 1. The standard InChI is InChI=1S/C23H32O3Si/c1-18(15-21-22(16-24)26-21)17-25-27(23(2,3)4,19-11-7-5-8-12-19)20-13-9-6-10-14-20/h5-14,18,21-22,24H,15-17H2,1-4H3/t18-,21+,22-/m1/s1. The summed E-state index contributed by atoms with van der Waals surface area (Å²) in [5.74, 6) is 0.383. The molecule has 2 aromatic rings. The molecule has 0 spiro atoms. The summed E-state index contributed by atoms with van der Waals surface area (Å²) in [5, 5.41) is 11.8. The number of benzene rings is 2. The molecule has 146 valence electrons. The highest BCUT2D eigenvalue weighted by molar-refractivity contribution is 6.99. The van der Waals surface area contributed by atoms with Gasteiger partial charge in [0.15, 0.2) is 0 Å². The Bertz CT molecular complexity index is 672. The molecular weight excluding hydrogens is 352 g/mol. The number of hydrogen-bond donors (Lipinski definition) is 1. The lowest BCUT2D eigenvalue weighted by molar-refractivity contribution is 0.222. The minimum atomic E-state index is -2.46. The van der Waals surface area contributed by atoms with E-state index in [0.717, 1.165) is 6.42 Å². The Kier molecular flexibility index (Phi) is 6.21. The average Bonchev–Trinajstić information content (AvgIpc) is 3.41. The molecule has 3 atom stereocenters.